The molecule has 0 saturated heterocycles. The van der Waals surface area contributed by atoms with Crippen LogP contribution in [0, 0.1) is 6.92 Å². The molecule has 2 nitrogen and oxygen atoms in total. The number of rotatable bonds is 5. The first kappa shape index (κ1) is 13.5. The standard InChI is InChI=1S/C14H17ClN2S/c1-3-7-16-13(14-12(15)6-8-18-14)11-5-4-10(2)17-9-11/h4-6,8-9,13,16H,3,7H2,1-2H3. The number of hydrogen-bond acceptors (Lipinski definition) is 3. The molecule has 0 bridgehead atoms. The molecule has 0 spiro atoms. The lowest BCUT2D eigenvalue weighted by Gasteiger charge is -2.18. The summed E-state index contributed by atoms with van der Waals surface area (Å²) in [5.74, 6) is 0. The van der Waals surface area contributed by atoms with Gasteiger partial charge in [-0.05, 0) is 43.0 Å². The molecule has 0 aliphatic rings. The topological polar surface area (TPSA) is 24.9 Å². The van der Waals surface area contributed by atoms with Crippen LogP contribution < -0.4 is 5.32 Å². The fourth-order valence-corrected chi connectivity index (χ4v) is 3.08. The smallest absolute Gasteiger partial charge is 0.0701 e. The van der Waals surface area contributed by atoms with Gasteiger partial charge in [-0.3, -0.25) is 4.98 Å². The van der Waals surface area contributed by atoms with Crippen molar-refractivity contribution in [3.05, 3.63) is 50.9 Å². The average molecular weight is 281 g/mol. The van der Waals surface area contributed by atoms with E-state index in [0.717, 1.165) is 28.6 Å². The summed E-state index contributed by atoms with van der Waals surface area (Å²) in [5, 5.41) is 6.39. The fourth-order valence-electron chi connectivity index (χ4n) is 1.81. The highest BCUT2D eigenvalue weighted by Crippen LogP contribution is 2.32. The summed E-state index contributed by atoms with van der Waals surface area (Å²) in [5.41, 5.74) is 2.20. The van der Waals surface area contributed by atoms with Gasteiger partial charge in [0.15, 0.2) is 0 Å². The van der Waals surface area contributed by atoms with Crippen LogP contribution in [0.2, 0.25) is 5.02 Å². The largest absolute Gasteiger partial charge is 0.306 e. The van der Waals surface area contributed by atoms with Crippen molar-refractivity contribution in [2.75, 3.05) is 6.54 Å². The molecule has 0 aliphatic carbocycles. The Kier molecular flexibility index (Phi) is 4.75. The number of nitrogens with zero attached hydrogens (tertiary/aromatic N) is 1. The summed E-state index contributed by atoms with van der Waals surface area (Å²) in [7, 11) is 0. The molecule has 1 N–H and O–H groups in total. The maximum Gasteiger partial charge on any atom is 0.0701 e. The second kappa shape index (κ2) is 6.32. The van der Waals surface area contributed by atoms with E-state index in [1.54, 1.807) is 11.3 Å². The second-order valence-corrected chi connectivity index (χ2v) is 5.61. The van der Waals surface area contributed by atoms with Crippen LogP contribution in [0.25, 0.3) is 0 Å². The minimum Gasteiger partial charge on any atom is -0.306 e. The maximum absolute atomic E-state index is 6.24. The maximum atomic E-state index is 6.24. The van der Waals surface area contributed by atoms with Crippen molar-refractivity contribution in [1.82, 2.24) is 10.3 Å². The van der Waals surface area contributed by atoms with Gasteiger partial charge in [0.05, 0.1) is 11.1 Å². The van der Waals surface area contributed by atoms with Crippen molar-refractivity contribution < 1.29 is 0 Å². The Morgan fingerprint density at radius 3 is 2.78 bits per heavy atom. The Labute approximate surface area is 117 Å². The van der Waals surface area contributed by atoms with Gasteiger partial charge >= 0.3 is 0 Å². The molecule has 96 valence electrons. The number of aromatic nitrogens is 1. The van der Waals surface area contributed by atoms with E-state index in [2.05, 4.69) is 23.3 Å². The van der Waals surface area contributed by atoms with Crippen molar-refractivity contribution in [2.24, 2.45) is 0 Å². The lowest BCUT2D eigenvalue weighted by molar-refractivity contribution is 0.604. The minimum absolute atomic E-state index is 0.144. The van der Waals surface area contributed by atoms with Gasteiger partial charge in [-0.2, -0.15) is 0 Å². The van der Waals surface area contributed by atoms with E-state index < -0.39 is 0 Å². The first-order valence-electron chi connectivity index (χ1n) is 6.11. The van der Waals surface area contributed by atoms with E-state index in [1.165, 1.54) is 5.56 Å². The minimum atomic E-state index is 0.144. The molecule has 0 fully saturated rings. The van der Waals surface area contributed by atoms with Crippen LogP contribution in [0.4, 0.5) is 0 Å². The predicted octanol–water partition coefficient (Wildman–Crippen LogP) is 4.19. The molecule has 1 unspecified atom stereocenters. The molecule has 0 aromatic carbocycles. The lowest BCUT2D eigenvalue weighted by atomic mass is 10.1. The van der Waals surface area contributed by atoms with Crippen LogP contribution in [0.3, 0.4) is 0 Å². The molecule has 0 aliphatic heterocycles. The van der Waals surface area contributed by atoms with Crippen molar-refractivity contribution >= 4 is 22.9 Å². The number of pyridine rings is 1. The fraction of sp³-hybridized carbons (Fsp3) is 0.357. The summed E-state index contributed by atoms with van der Waals surface area (Å²) in [4.78, 5) is 5.53. The van der Waals surface area contributed by atoms with Gasteiger partial charge in [0, 0.05) is 16.8 Å². The van der Waals surface area contributed by atoms with Gasteiger partial charge in [0.25, 0.3) is 0 Å². The highest BCUT2D eigenvalue weighted by molar-refractivity contribution is 7.10. The third-order valence-corrected chi connectivity index (χ3v) is 4.20. The zero-order chi connectivity index (χ0) is 13.0. The number of halogens is 1. The summed E-state index contributed by atoms with van der Waals surface area (Å²) in [6.07, 6.45) is 3.03. The van der Waals surface area contributed by atoms with E-state index in [4.69, 9.17) is 11.6 Å². The van der Waals surface area contributed by atoms with Gasteiger partial charge in [0.2, 0.25) is 0 Å². The normalized spacial score (nSPS) is 12.6. The molecular formula is C14H17ClN2S. The highest BCUT2D eigenvalue weighted by Gasteiger charge is 2.17. The third kappa shape index (κ3) is 3.10. The Morgan fingerprint density at radius 2 is 2.22 bits per heavy atom. The van der Waals surface area contributed by atoms with E-state index in [9.17, 15) is 0 Å². The molecule has 0 saturated carbocycles. The SMILES string of the molecule is CCCNC(c1ccc(C)nc1)c1sccc1Cl. The van der Waals surface area contributed by atoms with Gasteiger partial charge in [-0.15, -0.1) is 11.3 Å². The summed E-state index contributed by atoms with van der Waals surface area (Å²) >= 11 is 7.93. The predicted molar refractivity (Wildman–Crippen MR) is 78.4 cm³/mol. The van der Waals surface area contributed by atoms with Crippen LogP contribution in [0.5, 0.6) is 0 Å². The van der Waals surface area contributed by atoms with Crippen molar-refractivity contribution in [3.63, 3.8) is 0 Å². The monoisotopic (exact) mass is 280 g/mol. The lowest BCUT2D eigenvalue weighted by Crippen LogP contribution is -2.22. The van der Waals surface area contributed by atoms with Crippen molar-refractivity contribution in [3.8, 4) is 0 Å². The van der Waals surface area contributed by atoms with Crippen LogP contribution in [0.15, 0.2) is 29.8 Å². The number of nitrogens with one attached hydrogen (secondary N) is 1. The molecule has 2 aromatic heterocycles. The summed E-state index contributed by atoms with van der Waals surface area (Å²) in [6, 6.07) is 6.25. The first-order valence-corrected chi connectivity index (χ1v) is 7.37. The molecule has 0 amide bonds. The van der Waals surface area contributed by atoms with Crippen LogP contribution in [-0.4, -0.2) is 11.5 Å². The van der Waals surface area contributed by atoms with E-state index >= 15 is 0 Å². The number of hydrogen-bond donors (Lipinski definition) is 1. The highest BCUT2D eigenvalue weighted by atomic mass is 35.5. The quantitative estimate of drug-likeness (QED) is 0.888. The molecule has 0 radical (unpaired) electrons. The van der Waals surface area contributed by atoms with E-state index in [-0.39, 0.29) is 6.04 Å². The van der Waals surface area contributed by atoms with Gasteiger partial charge in [-0.25, -0.2) is 0 Å². The zero-order valence-electron chi connectivity index (χ0n) is 10.6. The third-order valence-electron chi connectivity index (χ3n) is 2.77. The zero-order valence-corrected chi connectivity index (χ0v) is 12.2. The molecule has 2 heterocycles. The van der Waals surface area contributed by atoms with Crippen molar-refractivity contribution in [1.29, 1.82) is 0 Å². The van der Waals surface area contributed by atoms with Crippen LogP contribution >= 0.6 is 22.9 Å². The van der Waals surface area contributed by atoms with Crippen LogP contribution in [-0.2, 0) is 0 Å². The first-order chi connectivity index (χ1) is 8.72. The number of thiophene rings is 1. The van der Waals surface area contributed by atoms with Crippen molar-refractivity contribution in [2.45, 2.75) is 26.3 Å². The molecular weight excluding hydrogens is 264 g/mol. The molecule has 4 heteroatoms. The summed E-state index contributed by atoms with van der Waals surface area (Å²) < 4.78 is 0. The summed E-state index contributed by atoms with van der Waals surface area (Å²) in [6.45, 7) is 5.12. The molecule has 2 aromatic rings. The van der Waals surface area contributed by atoms with E-state index in [1.807, 2.05) is 30.6 Å². The Morgan fingerprint density at radius 1 is 1.39 bits per heavy atom. The van der Waals surface area contributed by atoms with Gasteiger partial charge in [-0.1, -0.05) is 24.6 Å². The average Bonchev–Trinajstić information content (AvgIpc) is 2.78. The van der Waals surface area contributed by atoms with Gasteiger partial charge in [0.1, 0.15) is 0 Å². The van der Waals surface area contributed by atoms with Gasteiger partial charge < -0.3 is 5.32 Å². The Hall–Kier alpha value is -0.900. The second-order valence-electron chi connectivity index (χ2n) is 4.25. The molecule has 18 heavy (non-hydrogen) atoms. The molecule has 1 atom stereocenters. The van der Waals surface area contributed by atoms with E-state index in [0.29, 0.717) is 0 Å². The molecule has 2 rings (SSSR count). The number of aryl methyl sites for hydroxylation is 1. The van der Waals surface area contributed by atoms with Crippen LogP contribution in [0.1, 0.15) is 35.5 Å². The Balaban J connectivity index is 2.30. The Bertz CT molecular complexity index is 493.